The van der Waals surface area contributed by atoms with E-state index in [4.69, 9.17) is 0 Å². The van der Waals surface area contributed by atoms with E-state index in [-0.39, 0.29) is 36.8 Å². The normalized spacial score (nSPS) is 34.2. The third-order valence-corrected chi connectivity index (χ3v) is 4.37. The highest BCUT2D eigenvalue weighted by atomic mass is 35.5. The first-order valence-electron chi connectivity index (χ1n) is 7.40. The largest absolute Gasteiger partial charge is 0.392 e. The Balaban J connectivity index is 0.00000220. The highest BCUT2D eigenvalue weighted by molar-refractivity contribution is 5.85. The lowest BCUT2D eigenvalue weighted by atomic mass is 9.77. The fourth-order valence-electron chi connectivity index (χ4n) is 3.56. The van der Waals surface area contributed by atoms with Crippen molar-refractivity contribution < 1.29 is 18.0 Å². The molecule has 2 rings (SSSR count). The van der Waals surface area contributed by atoms with Crippen LogP contribution in [0.15, 0.2) is 0 Å². The first-order valence-corrected chi connectivity index (χ1v) is 7.40. The number of rotatable bonds is 1. The summed E-state index contributed by atoms with van der Waals surface area (Å²) in [5.74, 6) is -2.63. The van der Waals surface area contributed by atoms with Crippen LogP contribution < -0.4 is 5.32 Å². The van der Waals surface area contributed by atoms with Crippen molar-refractivity contribution in [3.63, 3.8) is 0 Å². The molecular formula is C14H24ClF3N2O. The number of halogens is 4. The summed E-state index contributed by atoms with van der Waals surface area (Å²) in [5, 5.41) is 3.29. The van der Waals surface area contributed by atoms with E-state index >= 15 is 0 Å². The van der Waals surface area contributed by atoms with E-state index in [0.717, 1.165) is 6.42 Å². The molecule has 0 aromatic carbocycles. The van der Waals surface area contributed by atoms with Crippen LogP contribution in [0.25, 0.3) is 0 Å². The number of amides is 1. The van der Waals surface area contributed by atoms with Crippen molar-refractivity contribution in [3.8, 4) is 0 Å². The van der Waals surface area contributed by atoms with Crippen molar-refractivity contribution in [2.45, 2.75) is 57.8 Å². The topological polar surface area (TPSA) is 32.3 Å². The number of nitrogens with zero attached hydrogens (tertiary/aromatic N) is 1. The van der Waals surface area contributed by atoms with E-state index in [0.29, 0.717) is 25.9 Å². The zero-order valence-corrected chi connectivity index (χ0v) is 13.3. The lowest BCUT2D eigenvalue weighted by molar-refractivity contribution is -0.201. The van der Waals surface area contributed by atoms with Crippen LogP contribution in [-0.4, -0.2) is 42.2 Å². The Labute approximate surface area is 130 Å². The highest BCUT2D eigenvalue weighted by Gasteiger charge is 2.49. The Kier molecular flexibility index (Phi) is 6.35. The molecule has 21 heavy (non-hydrogen) atoms. The minimum Gasteiger partial charge on any atom is -0.339 e. The van der Waals surface area contributed by atoms with Crippen LogP contribution in [0.4, 0.5) is 13.2 Å². The van der Waals surface area contributed by atoms with Gasteiger partial charge in [-0.15, -0.1) is 12.4 Å². The molecule has 4 unspecified atom stereocenters. The van der Waals surface area contributed by atoms with Gasteiger partial charge in [-0.3, -0.25) is 4.79 Å². The number of hydrogen-bond donors (Lipinski definition) is 1. The molecule has 7 heteroatoms. The van der Waals surface area contributed by atoms with Gasteiger partial charge >= 0.3 is 6.18 Å². The summed E-state index contributed by atoms with van der Waals surface area (Å²) in [6.45, 7) is 4.92. The van der Waals surface area contributed by atoms with E-state index in [9.17, 15) is 18.0 Å². The van der Waals surface area contributed by atoms with Gasteiger partial charge in [-0.1, -0.05) is 12.8 Å². The lowest BCUT2D eigenvalue weighted by Crippen LogP contribution is -2.58. The number of nitrogens with one attached hydrogen (secondary N) is 1. The van der Waals surface area contributed by atoms with E-state index in [1.807, 2.05) is 13.8 Å². The van der Waals surface area contributed by atoms with Crippen molar-refractivity contribution in [2.24, 2.45) is 11.8 Å². The molecule has 1 saturated carbocycles. The zero-order valence-electron chi connectivity index (χ0n) is 12.4. The summed E-state index contributed by atoms with van der Waals surface area (Å²) >= 11 is 0. The summed E-state index contributed by atoms with van der Waals surface area (Å²) in [4.78, 5) is 14.1. The van der Waals surface area contributed by atoms with Gasteiger partial charge in [0.1, 0.15) is 0 Å². The molecular weight excluding hydrogens is 305 g/mol. The van der Waals surface area contributed by atoms with Crippen molar-refractivity contribution in [3.05, 3.63) is 0 Å². The quantitative estimate of drug-likeness (QED) is 0.802. The summed E-state index contributed by atoms with van der Waals surface area (Å²) in [7, 11) is 0. The standard InChI is InChI=1S/C14H23F3N2O.ClH/c1-9-7-19(8-10(2)18-9)13(20)11-5-3-4-6-12(11)14(15,16)17;/h9-12,18H,3-8H2,1-2H3;1H. The van der Waals surface area contributed by atoms with Gasteiger partial charge < -0.3 is 10.2 Å². The molecule has 1 aliphatic carbocycles. The first-order chi connectivity index (χ1) is 9.29. The van der Waals surface area contributed by atoms with Crippen LogP contribution in [0.5, 0.6) is 0 Å². The van der Waals surface area contributed by atoms with Gasteiger partial charge in [-0.2, -0.15) is 13.2 Å². The second kappa shape index (κ2) is 7.18. The van der Waals surface area contributed by atoms with Crippen molar-refractivity contribution >= 4 is 18.3 Å². The number of alkyl halides is 3. The maximum absolute atomic E-state index is 13.1. The molecule has 0 radical (unpaired) electrons. The van der Waals surface area contributed by atoms with E-state index in [1.54, 1.807) is 4.90 Å². The molecule has 2 aliphatic rings. The molecule has 0 aromatic heterocycles. The summed E-state index contributed by atoms with van der Waals surface area (Å²) < 4.78 is 39.3. The van der Waals surface area contributed by atoms with Crippen LogP contribution in [0.3, 0.4) is 0 Å². The Bertz CT molecular complexity index is 355. The van der Waals surface area contributed by atoms with Crippen LogP contribution >= 0.6 is 12.4 Å². The fourth-order valence-corrected chi connectivity index (χ4v) is 3.56. The van der Waals surface area contributed by atoms with Gasteiger partial charge in [-0.05, 0) is 26.7 Å². The van der Waals surface area contributed by atoms with Crippen molar-refractivity contribution in [1.82, 2.24) is 10.2 Å². The predicted molar refractivity (Wildman–Crippen MR) is 77.4 cm³/mol. The molecule has 3 nitrogen and oxygen atoms in total. The van der Waals surface area contributed by atoms with Crippen LogP contribution in [0.1, 0.15) is 39.5 Å². The average Bonchev–Trinajstić information content (AvgIpc) is 2.35. The second-order valence-electron chi connectivity index (χ2n) is 6.25. The monoisotopic (exact) mass is 328 g/mol. The summed E-state index contributed by atoms with van der Waals surface area (Å²) in [6.07, 6.45) is -2.50. The van der Waals surface area contributed by atoms with E-state index in [2.05, 4.69) is 5.32 Å². The molecule has 2 fully saturated rings. The molecule has 1 amide bonds. The van der Waals surface area contributed by atoms with Gasteiger partial charge in [0.05, 0.1) is 5.92 Å². The van der Waals surface area contributed by atoms with Gasteiger partial charge in [0, 0.05) is 31.1 Å². The Morgan fingerprint density at radius 1 is 1.10 bits per heavy atom. The molecule has 0 bridgehead atoms. The minimum absolute atomic E-state index is 0. The lowest BCUT2D eigenvalue weighted by Gasteiger charge is -2.40. The molecule has 1 heterocycles. The van der Waals surface area contributed by atoms with Gasteiger partial charge in [0.25, 0.3) is 0 Å². The molecule has 1 saturated heterocycles. The van der Waals surface area contributed by atoms with Gasteiger partial charge in [-0.25, -0.2) is 0 Å². The Hall–Kier alpha value is -0.490. The molecule has 0 spiro atoms. The SMILES string of the molecule is CC1CN(C(=O)C2CCCCC2C(F)(F)F)CC(C)N1.Cl. The van der Waals surface area contributed by atoms with Crippen molar-refractivity contribution in [1.29, 1.82) is 0 Å². The predicted octanol–water partition coefficient (Wildman–Crippen LogP) is 2.99. The van der Waals surface area contributed by atoms with Gasteiger partial charge in [0.2, 0.25) is 5.91 Å². The summed E-state index contributed by atoms with van der Waals surface area (Å²) in [5.41, 5.74) is 0. The number of carbonyl (C=O) groups is 1. The third-order valence-electron chi connectivity index (χ3n) is 4.37. The number of carbonyl (C=O) groups excluding carboxylic acids is 1. The maximum Gasteiger partial charge on any atom is 0.392 e. The molecule has 1 N–H and O–H groups in total. The van der Waals surface area contributed by atoms with Crippen LogP contribution in [0, 0.1) is 11.8 Å². The Morgan fingerprint density at radius 2 is 1.62 bits per heavy atom. The second-order valence-corrected chi connectivity index (χ2v) is 6.25. The fraction of sp³-hybridized carbons (Fsp3) is 0.929. The molecule has 0 aromatic rings. The first kappa shape index (κ1) is 18.6. The van der Waals surface area contributed by atoms with Crippen LogP contribution in [0.2, 0.25) is 0 Å². The number of hydrogen-bond acceptors (Lipinski definition) is 2. The molecule has 1 aliphatic heterocycles. The molecule has 124 valence electrons. The van der Waals surface area contributed by atoms with E-state index < -0.39 is 18.0 Å². The third kappa shape index (κ3) is 4.49. The molecule has 4 atom stereocenters. The van der Waals surface area contributed by atoms with Crippen molar-refractivity contribution in [2.75, 3.05) is 13.1 Å². The van der Waals surface area contributed by atoms with Crippen LogP contribution in [-0.2, 0) is 4.79 Å². The van der Waals surface area contributed by atoms with Gasteiger partial charge in [0.15, 0.2) is 0 Å². The minimum atomic E-state index is -4.26. The average molecular weight is 329 g/mol. The highest BCUT2D eigenvalue weighted by Crippen LogP contribution is 2.42. The number of piperazine rings is 1. The smallest absolute Gasteiger partial charge is 0.339 e. The Morgan fingerprint density at radius 3 is 2.14 bits per heavy atom. The maximum atomic E-state index is 13.1. The van der Waals surface area contributed by atoms with E-state index in [1.165, 1.54) is 0 Å². The summed E-state index contributed by atoms with van der Waals surface area (Å²) in [6, 6.07) is 0.270. The zero-order chi connectivity index (χ0) is 14.9.